The van der Waals surface area contributed by atoms with Gasteiger partial charge in [-0.1, -0.05) is 12.1 Å². The van der Waals surface area contributed by atoms with Crippen molar-refractivity contribution < 1.29 is 9.13 Å². The van der Waals surface area contributed by atoms with Gasteiger partial charge in [-0.2, -0.15) is 0 Å². The molecular formula is C14H18FN3O. The number of benzene rings is 1. The van der Waals surface area contributed by atoms with E-state index >= 15 is 0 Å². The van der Waals surface area contributed by atoms with Crippen molar-refractivity contribution >= 4 is 5.95 Å². The molecule has 0 aliphatic rings. The van der Waals surface area contributed by atoms with Crippen molar-refractivity contribution in [2.24, 2.45) is 0 Å². The van der Waals surface area contributed by atoms with Gasteiger partial charge in [0.15, 0.2) is 0 Å². The van der Waals surface area contributed by atoms with Gasteiger partial charge in [-0.3, -0.25) is 4.57 Å². The number of aryl methyl sites for hydroxylation is 1. The Morgan fingerprint density at radius 2 is 2.16 bits per heavy atom. The number of aromatic nitrogens is 2. The van der Waals surface area contributed by atoms with E-state index in [1.165, 1.54) is 6.07 Å². The van der Waals surface area contributed by atoms with Crippen LogP contribution in [0.1, 0.15) is 12.1 Å². The first-order valence-corrected chi connectivity index (χ1v) is 6.26. The van der Waals surface area contributed by atoms with Gasteiger partial charge < -0.3 is 10.1 Å². The van der Waals surface area contributed by atoms with E-state index in [-0.39, 0.29) is 5.82 Å². The molecule has 4 nitrogen and oxygen atoms in total. The van der Waals surface area contributed by atoms with E-state index in [0.717, 1.165) is 18.7 Å². The van der Waals surface area contributed by atoms with Crippen LogP contribution in [-0.4, -0.2) is 29.8 Å². The first-order chi connectivity index (χ1) is 9.22. The summed E-state index contributed by atoms with van der Waals surface area (Å²) in [6, 6.07) is 6.66. The van der Waals surface area contributed by atoms with E-state index in [0.29, 0.717) is 18.2 Å². The average molecular weight is 263 g/mol. The third kappa shape index (κ3) is 3.32. The zero-order valence-corrected chi connectivity index (χ0v) is 11.2. The van der Waals surface area contributed by atoms with E-state index in [2.05, 4.69) is 10.3 Å². The van der Waals surface area contributed by atoms with Gasteiger partial charge in [0.05, 0.1) is 11.4 Å². The Morgan fingerprint density at radius 3 is 2.89 bits per heavy atom. The van der Waals surface area contributed by atoms with Gasteiger partial charge >= 0.3 is 0 Å². The molecule has 0 saturated carbocycles. The highest BCUT2D eigenvalue weighted by Gasteiger charge is 2.10. The minimum Gasteiger partial charge on any atom is -0.385 e. The van der Waals surface area contributed by atoms with Crippen LogP contribution in [0.25, 0.3) is 5.69 Å². The van der Waals surface area contributed by atoms with Crippen LogP contribution in [0.2, 0.25) is 0 Å². The number of anilines is 1. The van der Waals surface area contributed by atoms with Crippen LogP contribution in [0.4, 0.5) is 10.3 Å². The first kappa shape index (κ1) is 13.5. The third-order valence-electron chi connectivity index (χ3n) is 2.75. The summed E-state index contributed by atoms with van der Waals surface area (Å²) in [5, 5.41) is 3.20. The largest absolute Gasteiger partial charge is 0.385 e. The SMILES string of the molecule is COCCCNc1nc(C)cn1-c1ccccc1F. The zero-order valence-electron chi connectivity index (χ0n) is 11.2. The first-order valence-electron chi connectivity index (χ1n) is 6.26. The van der Waals surface area contributed by atoms with Gasteiger partial charge in [0.2, 0.25) is 5.95 Å². The lowest BCUT2D eigenvalue weighted by molar-refractivity contribution is 0.197. The van der Waals surface area contributed by atoms with Crippen molar-refractivity contribution in [1.29, 1.82) is 0 Å². The molecule has 2 aromatic rings. The van der Waals surface area contributed by atoms with E-state index in [4.69, 9.17) is 4.74 Å². The topological polar surface area (TPSA) is 39.1 Å². The summed E-state index contributed by atoms with van der Waals surface area (Å²) >= 11 is 0. The van der Waals surface area contributed by atoms with Crippen LogP contribution in [0.5, 0.6) is 0 Å². The molecule has 0 amide bonds. The number of hydrogen-bond donors (Lipinski definition) is 1. The van der Waals surface area contributed by atoms with Crippen molar-refractivity contribution in [3.05, 3.63) is 42.0 Å². The molecule has 0 spiro atoms. The minimum atomic E-state index is -0.264. The molecule has 0 radical (unpaired) electrons. The van der Waals surface area contributed by atoms with Crippen LogP contribution in [0, 0.1) is 12.7 Å². The van der Waals surface area contributed by atoms with Crippen molar-refractivity contribution in [3.63, 3.8) is 0 Å². The molecule has 0 saturated heterocycles. The molecule has 102 valence electrons. The minimum absolute atomic E-state index is 0.264. The molecule has 0 aliphatic heterocycles. The second kappa shape index (κ2) is 6.33. The van der Waals surface area contributed by atoms with Gasteiger partial charge in [-0.15, -0.1) is 0 Å². The number of nitrogens with zero attached hydrogens (tertiary/aromatic N) is 2. The molecule has 1 aromatic heterocycles. The number of rotatable bonds is 6. The van der Waals surface area contributed by atoms with Crippen molar-refractivity contribution in [1.82, 2.24) is 9.55 Å². The Labute approximate surface area is 112 Å². The summed E-state index contributed by atoms with van der Waals surface area (Å²) < 4.78 is 20.5. The summed E-state index contributed by atoms with van der Waals surface area (Å²) in [5.74, 6) is 0.388. The van der Waals surface area contributed by atoms with E-state index in [9.17, 15) is 4.39 Å². The highest BCUT2D eigenvalue weighted by Crippen LogP contribution is 2.19. The number of hydrogen-bond acceptors (Lipinski definition) is 3. The molecule has 19 heavy (non-hydrogen) atoms. The molecule has 0 bridgehead atoms. The van der Waals surface area contributed by atoms with Crippen LogP contribution in [0.3, 0.4) is 0 Å². The number of para-hydroxylation sites is 1. The molecular weight excluding hydrogens is 245 g/mol. The lowest BCUT2D eigenvalue weighted by Crippen LogP contribution is -2.10. The highest BCUT2D eigenvalue weighted by molar-refractivity contribution is 5.43. The fourth-order valence-electron chi connectivity index (χ4n) is 1.87. The van der Waals surface area contributed by atoms with Crippen molar-refractivity contribution in [2.45, 2.75) is 13.3 Å². The summed E-state index contributed by atoms with van der Waals surface area (Å²) in [7, 11) is 1.67. The summed E-state index contributed by atoms with van der Waals surface area (Å²) in [4.78, 5) is 4.37. The van der Waals surface area contributed by atoms with E-state index < -0.39 is 0 Å². The maximum absolute atomic E-state index is 13.8. The quantitative estimate of drug-likeness (QED) is 0.814. The molecule has 0 fully saturated rings. The molecule has 0 unspecified atom stereocenters. The Morgan fingerprint density at radius 1 is 1.37 bits per heavy atom. The smallest absolute Gasteiger partial charge is 0.207 e. The molecule has 5 heteroatoms. The number of methoxy groups -OCH3 is 1. The van der Waals surface area contributed by atoms with Crippen molar-refractivity contribution in [2.75, 3.05) is 25.6 Å². The summed E-state index contributed by atoms with van der Waals surface area (Å²) in [5.41, 5.74) is 1.34. The molecule has 0 aliphatic carbocycles. The fourth-order valence-corrected chi connectivity index (χ4v) is 1.87. The second-order valence-electron chi connectivity index (χ2n) is 4.30. The number of nitrogens with one attached hydrogen (secondary N) is 1. The molecule has 1 N–H and O–H groups in total. The summed E-state index contributed by atoms with van der Waals surface area (Å²) in [6.45, 7) is 3.31. The van der Waals surface area contributed by atoms with Crippen molar-refractivity contribution in [3.8, 4) is 5.69 Å². The number of imidazole rings is 1. The Bertz CT molecular complexity index is 539. The van der Waals surface area contributed by atoms with Gasteiger partial charge in [0.1, 0.15) is 5.82 Å². The van der Waals surface area contributed by atoms with Gasteiger partial charge in [0.25, 0.3) is 0 Å². The normalized spacial score (nSPS) is 10.7. The maximum atomic E-state index is 13.8. The van der Waals surface area contributed by atoms with E-state index in [1.807, 2.05) is 19.2 Å². The van der Waals surface area contributed by atoms with Crippen LogP contribution in [-0.2, 0) is 4.74 Å². The molecule has 2 rings (SSSR count). The van der Waals surface area contributed by atoms with Crippen LogP contribution in [0.15, 0.2) is 30.5 Å². The zero-order chi connectivity index (χ0) is 13.7. The van der Waals surface area contributed by atoms with Gasteiger partial charge in [-0.25, -0.2) is 9.37 Å². The molecule has 1 aromatic carbocycles. The highest BCUT2D eigenvalue weighted by atomic mass is 19.1. The monoisotopic (exact) mass is 263 g/mol. The predicted octanol–water partition coefficient (Wildman–Crippen LogP) is 2.77. The van der Waals surface area contributed by atoms with Gasteiger partial charge in [-0.05, 0) is 25.5 Å². The van der Waals surface area contributed by atoms with E-state index in [1.54, 1.807) is 23.8 Å². The number of ether oxygens (including phenoxy) is 1. The van der Waals surface area contributed by atoms with Crippen LogP contribution >= 0.6 is 0 Å². The number of halogens is 1. The summed E-state index contributed by atoms with van der Waals surface area (Å²) in [6.07, 6.45) is 2.69. The third-order valence-corrected chi connectivity index (χ3v) is 2.75. The Kier molecular flexibility index (Phi) is 4.52. The molecule has 0 atom stereocenters. The average Bonchev–Trinajstić information content (AvgIpc) is 2.76. The molecule has 1 heterocycles. The lowest BCUT2D eigenvalue weighted by Gasteiger charge is -2.10. The second-order valence-corrected chi connectivity index (χ2v) is 4.30. The fraction of sp³-hybridized carbons (Fsp3) is 0.357. The Balaban J connectivity index is 2.19. The standard InChI is InChI=1S/C14H18FN3O/c1-11-10-18(13-7-4-3-6-12(13)15)14(17-11)16-8-5-9-19-2/h3-4,6-7,10H,5,8-9H2,1-2H3,(H,16,17). The lowest BCUT2D eigenvalue weighted by atomic mass is 10.3. The Hall–Kier alpha value is -1.88. The predicted molar refractivity (Wildman–Crippen MR) is 73.2 cm³/mol. The van der Waals surface area contributed by atoms with Crippen LogP contribution < -0.4 is 5.32 Å². The van der Waals surface area contributed by atoms with Gasteiger partial charge in [0, 0.05) is 26.5 Å². The maximum Gasteiger partial charge on any atom is 0.207 e.